The molecule has 1 atom stereocenters. The van der Waals surface area contributed by atoms with Crippen LogP contribution in [0.1, 0.15) is 27.2 Å². The van der Waals surface area contributed by atoms with E-state index in [1.54, 1.807) is 0 Å². The minimum atomic E-state index is 0.406. The zero-order valence-electron chi connectivity index (χ0n) is 7.15. The number of rotatable bonds is 1. The predicted molar refractivity (Wildman–Crippen MR) is 45.8 cm³/mol. The number of hydrogen-bond donors (Lipinski definition) is 0. The molecule has 0 N–H and O–H groups in total. The zero-order valence-corrected chi connectivity index (χ0v) is 7.15. The fourth-order valence-electron chi connectivity index (χ4n) is 1.82. The van der Waals surface area contributed by atoms with Crippen LogP contribution in [0.25, 0.3) is 0 Å². The Bertz CT molecular complexity index is 172. The lowest BCUT2D eigenvalue weighted by atomic mass is 9.91. The lowest BCUT2D eigenvalue weighted by Crippen LogP contribution is -2.03. The van der Waals surface area contributed by atoms with E-state index in [1.807, 2.05) is 6.08 Å². The van der Waals surface area contributed by atoms with Gasteiger partial charge in [0.2, 0.25) is 0 Å². The maximum atomic E-state index is 3.79. The molecule has 0 heteroatoms. The minimum absolute atomic E-state index is 0.406. The summed E-state index contributed by atoms with van der Waals surface area (Å²) in [5.41, 5.74) is 1.83. The number of hydrogen-bond acceptors (Lipinski definition) is 0. The molecule has 0 amide bonds. The molecule has 0 aromatic carbocycles. The third kappa shape index (κ3) is 1.31. The summed E-state index contributed by atoms with van der Waals surface area (Å²) in [7, 11) is 0. The third-order valence-electron chi connectivity index (χ3n) is 2.19. The molecule has 0 bridgehead atoms. The van der Waals surface area contributed by atoms with Gasteiger partial charge in [-0.15, -0.1) is 0 Å². The van der Waals surface area contributed by atoms with Gasteiger partial charge in [0.25, 0.3) is 0 Å². The Morgan fingerprint density at radius 1 is 1.70 bits per heavy atom. The Balaban J connectivity index is 2.82. The molecule has 1 aliphatic carbocycles. The summed E-state index contributed by atoms with van der Waals surface area (Å²) in [6, 6.07) is 0. The van der Waals surface area contributed by atoms with Crippen molar-refractivity contribution in [1.82, 2.24) is 0 Å². The molecular weight excluding hydrogens is 120 g/mol. The second kappa shape index (κ2) is 2.26. The summed E-state index contributed by atoms with van der Waals surface area (Å²) in [4.78, 5) is 0. The van der Waals surface area contributed by atoms with Gasteiger partial charge in [-0.2, -0.15) is 0 Å². The smallest absolute Gasteiger partial charge is 0.0163 e. The van der Waals surface area contributed by atoms with E-state index in [1.165, 1.54) is 12.0 Å². The van der Waals surface area contributed by atoms with Crippen molar-refractivity contribution in [2.24, 2.45) is 11.3 Å². The summed E-state index contributed by atoms with van der Waals surface area (Å²) in [5.74, 6) is 0.715. The highest BCUT2D eigenvalue weighted by Gasteiger charge is 2.26. The van der Waals surface area contributed by atoms with E-state index in [-0.39, 0.29) is 0 Å². The summed E-state index contributed by atoms with van der Waals surface area (Å²) in [6.07, 6.45) is 5.60. The average molecular weight is 136 g/mol. The standard InChI is InChI=1S/C10H16/c1-5-9-7-10(3,4)6-8(9)2/h5,7-8H,1,6H2,2-4H3. The fourth-order valence-corrected chi connectivity index (χ4v) is 1.82. The van der Waals surface area contributed by atoms with Crippen molar-refractivity contribution < 1.29 is 0 Å². The van der Waals surface area contributed by atoms with Gasteiger partial charge in [-0.3, -0.25) is 0 Å². The topological polar surface area (TPSA) is 0 Å². The molecule has 0 nitrogen and oxygen atoms in total. The largest absolute Gasteiger partial charge is 0.0988 e. The molecule has 0 fully saturated rings. The molecule has 0 aliphatic heterocycles. The summed E-state index contributed by atoms with van der Waals surface area (Å²) < 4.78 is 0. The molecule has 0 spiro atoms. The van der Waals surface area contributed by atoms with Crippen molar-refractivity contribution in [3.63, 3.8) is 0 Å². The maximum absolute atomic E-state index is 3.79. The van der Waals surface area contributed by atoms with Crippen molar-refractivity contribution in [1.29, 1.82) is 0 Å². The van der Waals surface area contributed by atoms with Crippen LogP contribution in [-0.2, 0) is 0 Å². The molecule has 0 radical (unpaired) electrons. The quantitative estimate of drug-likeness (QED) is 0.519. The van der Waals surface area contributed by atoms with E-state index < -0.39 is 0 Å². The Kier molecular flexibility index (Phi) is 1.72. The van der Waals surface area contributed by atoms with Gasteiger partial charge in [0, 0.05) is 0 Å². The molecule has 1 aliphatic rings. The SMILES string of the molecule is C=CC1=CC(C)(C)CC1C. The Morgan fingerprint density at radius 2 is 2.30 bits per heavy atom. The van der Waals surface area contributed by atoms with Crippen LogP contribution in [0.5, 0.6) is 0 Å². The van der Waals surface area contributed by atoms with Crippen LogP contribution < -0.4 is 0 Å². The molecule has 10 heavy (non-hydrogen) atoms. The van der Waals surface area contributed by atoms with Crippen molar-refractivity contribution >= 4 is 0 Å². The Labute approximate surface area is 63.6 Å². The van der Waals surface area contributed by atoms with Gasteiger partial charge in [0.15, 0.2) is 0 Å². The van der Waals surface area contributed by atoms with Crippen LogP contribution in [-0.4, -0.2) is 0 Å². The molecular formula is C10H16. The highest BCUT2D eigenvalue weighted by atomic mass is 14.3. The van der Waals surface area contributed by atoms with E-state index in [0.29, 0.717) is 11.3 Å². The first-order valence-electron chi connectivity index (χ1n) is 3.90. The first-order valence-corrected chi connectivity index (χ1v) is 3.90. The minimum Gasteiger partial charge on any atom is -0.0988 e. The van der Waals surface area contributed by atoms with Crippen molar-refractivity contribution in [2.75, 3.05) is 0 Å². The summed E-state index contributed by atoms with van der Waals surface area (Å²) in [5, 5.41) is 0. The molecule has 0 aromatic rings. The van der Waals surface area contributed by atoms with Gasteiger partial charge in [-0.1, -0.05) is 39.5 Å². The number of allylic oxidation sites excluding steroid dienone is 3. The molecule has 0 saturated heterocycles. The van der Waals surface area contributed by atoms with Gasteiger partial charge in [0.05, 0.1) is 0 Å². The van der Waals surface area contributed by atoms with Gasteiger partial charge < -0.3 is 0 Å². The normalized spacial score (nSPS) is 29.9. The van der Waals surface area contributed by atoms with Crippen molar-refractivity contribution in [3.05, 3.63) is 24.3 Å². The maximum Gasteiger partial charge on any atom is -0.0163 e. The van der Waals surface area contributed by atoms with Gasteiger partial charge >= 0.3 is 0 Å². The van der Waals surface area contributed by atoms with Gasteiger partial charge in [-0.25, -0.2) is 0 Å². The van der Waals surface area contributed by atoms with E-state index in [0.717, 1.165) is 0 Å². The monoisotopic (exact) mass is 136 g/mol. The molecule has 1 rings (SSSR count). The van der Waals surface area contributed by atoms with Crippen molar-refractivity contribution in [2.45, 2.75) is 27.2 Å². The zero-order chi connectivity index (χ0) is 7.78. The van der Waals surface area contributed by atoms with E-state index >= 15 is 0 Å². The highest BCUT2D eigenvalue weighted by Crippen LogP contribution is 2.39. The average Bonchev–Trinajstić information content (AvgIpc) is 2.05. The van der Waals surface area contributed by atoms with E-state index in [9.17, 15) is 0 Å². The third-order valence-corrected chi connectivity index (χ3v) is 2.19. The summed E-state index contributed by atoms with van der Waals surface area (Å²) >= 11 is 0. The first-order chi connectivity index (χ1) is 4.55. The van der Waals surface area contributed by atoms with E-state index in [4.69, 9.17) is 0 Å². The van der Waals surface area contributed by atoms with Crippen molar-refractivity contribution in [3.8, 4) is 0 Å². The van der Waals surface area contributed by atoms with Crippen LogP contribution >= 0.6 is 0 Å². The molecule has 0 aromatic heterocycles. The van der Waals surface area contributed by atoms with Crippen LogP contribution in [0.2, 0.25) is 0 Å². The molecule has 1 unspecified atom stereocenters. The Hall–Kier alpha value is -0.520. The van der Waals surface area contributed by atoms with Crippen LogP contribution in [0.4, 0.5) is 0 Å². The Morgan fingerprint density at radius 3 is 2.50 bits per heavy atom. The predicted octanol–water partition coefficient (Wildman–Crippen LogP) is 3.16. The van der Waals surface area contributed by atoms with Crippen LogP contribution in [0.3, 0.4) is 0 Å². The van der Waals surface area contributed by atoms with Crippen LogP contribution in [0, 0.1) is 11.3 Å². The van der Waals surface area contributed by atoms with E-state index in [2.05, 4.69) is 33.4 Å². The van der Waals surface area contributed by atoms with Crippen LogP contribution in [0.15, 0.2) is 24.3 Å². The highest BCUT2D eigenvalue weighted by molar-refractivity contribution is 5.27. The van der Waals surface area contributed by atoms with Gasteiger partial charge in [0.1, 0.15) is 0 Å². The summed E-state index contributed by atoms with van der Waals surface area (Å²) in [6.45, 7) is 10.6. The van der Waals surface area contributed by atoms with Gasteiger partial charge in [-0.05, 0) is 23.3 Å². The fraction of sp³-hybridized carbons (Fsp3) is 0.600. The second-order valence-corrected chi connectivity index (χ2v) is 3.94. The molecule has 56 valence electrons. The molecule has 0 saturated carbocycles. The first kappa shape index (κ1) is 7.59. The second-order valence-electron chi connectivity index (χ2n) is 3.94. The lowest BCUT2D eigenvalue weighted by Gasteiger charge is -2.14. The lowest BCUT2D eigenvalue weighted by molar-refractivity contribution is 0.421. The molecule has 0 heterocycles.